The Morgan fingerprint density at radius 3 is 2.83 bits per heavy atom. The zero-order valence-corrected chi connectivity index (χ0v) is 16.0. The van der Waals surface area contributed by atoms with Crippen LogP contribution in [0.2, 0.25) is 5.02 Å². The lowest BCUT2D eigenvalue weighted by Crippen LogP contribution is -2.49. The van der Waals surface area contributed by atoms with E-state index in [0.29, 0.717) is 12.7 Å². The molecule has 2 aromatic rings. The van der Waals surface area contributed by atoms with Crippen LogP contribution in [0.5, 0.6) is 0 Å². The highest BCUT2D eigenvalue weighted by Crippen LogP contribution is 2.28. The van der Waals surface area contributed by atoms with E-state index in [1.807, 2.05) is 6.92 Å². The van der Waals surface area contributed by atoms with Crippen LogP contribution in [0.1, 0.15) is 33.3 Å². The molecule has 1 N–H and O–H groups in total. The molecule has 7 nitrogen and oxygen atoms in total. The minimum atomic E-state index is -0.816. The van der Waals surface area contributed by atoms with Crippen molar-refractivity contribution in [1.29, 1.82) is 0 Å². The van der Waals surface area contributed by atoms with E-state index in [1.54, 1.807) is 0 Å². The van der Waals surface area contributed by atoms with Gasteiger partial charge in [-0.15, -0.1) is 0 Å². The second-order valence-corrected chi connectivity index (χ2v) is 7.33. The van der Waals surface area contributed by atoms with Gasteiger partial charge < -0.3 is 19.5 Å². The standard InChI is InChI=1S/C19H16ClF2N3O4/c1-9-8-29-14-7-24-6-12(17(26)15(20)16(24)19(28)25(9)14)18(27)23-5-10-2-3-11(21)4-13(10)22/h2-4,6,9,14H,5,7-8H2,1H3,(H,23,27)/t9-,14+/m0/s1. The SMILES string of the molecule is C[C@H]1CO[C@@H]2Cn3cc(C(=O)NCc4ccc(F)cc4F)c(=O)c(Cl)c3C(=O)N12. The molecule has 1 aromatic carbocycles. The monoisotopic (exact) mass is 423 g/mol. The van der Waals surface area contributed by atoms with Gasteiger partial charge in [0.1, 0.15) is 27.9 Å². The first kappa shape index (κ1) is 19.5. The number of rotatable bonds is 3. The van der Waals surface area contributed by atoms with Gasteiger partial charge in [-0.3, -0.25) is 14.4 Å². The Bertz CT molecular complexity index is 1090. The first-order valence-corrected chi connectivity index (χ1v) is 9.25. The molecule has 1 aromatic heterocycles. The molecule has 2 amide bonds. The molecule has 0 aliphatic carbocycles. The smallest absolute Gasteiger partial charge is 0.274 e. The summed E-state index contributed by atoms with van der Waals surface area (Å²) >= 11 is 6.15. The van der Waals surface area contributed by atoms with E-state index in [9.17, 15) is 23.2 Å². The third-order valence-corrected chi connectivity index (χ3v) is 5.38. The molecule has 10 heteroatoms. The minimum Gasteiger partial charge on any atom is -0.354 e. The molecular formula is C19H16ClF2N3O4. The van der Waals surface area contributed by atoms with Gasteiger partial charge in [0, 0.05) is 24.4 Å². The van der Waals surface area contributed by atoms with Crippen molar-refractivity contribution in [3.05, 3.63) is 68.1 Å². The molecule has 3 heterocycles. The van der Waals surface area contributed by atoms with E-state index in [0.717, 1.165) is 6.07 Å². The highest BCUT2D eigenvalue weighted by atomic mass is 35.5. The summed E-state index contributed by atoms with van der Waals surface area (Å²) in [6, 6.07) is 2.81. The third kappa shape index (κ3) is 3.30. The van der Waals surface area contributed by atoms with Crippen molar-refractivity contribution in [2.75, 3.05) is 6.61 Å². The first-order chi connectivity index (χ1) is 13.8. The van der Waals surface area contributed by atoms with Gasteiger partial charge in [0.2, 0.25) is 5.43 Å². The number of aromatic nitrogens is 1. The van der Waals surface area contributed by atoms with E-state index in [-0.39, 0.29) is 41.0 Å². The van der Waals surface area contributed by atoms with Gasteiger partial charge in [-0.1, -0.05) is 17.7 Å². The molecular weight excluding hydrogens is 408 g/mol. The van der Waals surface area contributed by atoms with Crippen LogP contribution < -0.4 is 10.7 Å². The average molecular weight is 424 g/mol. The van der Waals surface area contributed by atoms with E-state index in [4.69, 9.17) is 16.3 Å². The second-order valence-electron chi connectivity index (χ2n) is 6.95. The maximum atomic E-state index is 13.7. The fourth-order valence-corrected chi connectivity index (χ4v) is 3.84. The van der Waals surface area contributed by atoms with Gasteiger partial charge in [0.15, 0.2) is 6.23 Å². The normalized spacial score (nSPS) is 20.4. The van der Waals surface area contributed by atoms with Crippen LogP contribution in [-0.4, -0.2) is 40.2 Å². The topological polar surface area (TPSA) is 80.6 Å². The molecule has 29 heavy (non-hydrogen) atoms. The van der Waals surface area contributed by atoms with Crippen molar-refractivity contribution >= 4 is 23.4 Å². The van der Waals surface area contributed by atoms with Crippen molar-refractivity contribution in [1.82, 2.24) is 14.8 Å². The van der Waals surface area contributed by atoms with Crippen LogP contribution in [0, 0.1) is 11.6 Å². The summed E-state index contributed by atoms with van der Waals surface area (Å²) in [5.74, 6) is -2.77. The number of nitrogens with one attached hydrogen (secondary N) is 1. The quantitative estimate of drug-likeness (QED) is 0.817. The van der Waals surface area contributed by atoms with Crippen LogP contribution in [0.25, 0.3) is 0 Å². The van der Waals surface area contributed by atoms with E-state index in [1.165, 1.54) is 21.7 Å². The van der Waals surface area contributed by atoms with Crippen molar-refractivity contribution in [2.45, 2.75) is 32.3 Å². The largest absolute Gasteiger partial charge is 0.354 e. The number of halogens is 3. The van der Waals surface area contributed by atoms with Crippen LogP contribution in [-0.2, 0) is 17.8 Å². The molecule has 0 unspecified atom stereocenters. The molecule has 0 saturated carbocycles. The lowest BCUT2D eigenvalue weighted by atomic mass is 10.1. The average Bonchev–Trinajstić information content (AvgIpc) is 3.04. The number of pyridine rings is 1. The molecule has 152 valence electrons. The summed E-state index contributed by atoms with van der Waals surface area (Å²) in [6.07, 6.45) is 0.745. The van der Waals surface area contributed by atoms with Gasteiger partial charge >= 0.3 is 0 Å². The number of carbonyl (C=O) groups excluding carboxylic acids is 2. The Balaban J connectivity index is 1.62. The van der Waals surface area contributed by atoms with Crippen molar-refractivity contribution in [2.24, 2.45) is 0 Å². The zero-order valence-electron chi connectivity index (χ0n) is 15.2. The van der Waals surface area contributed by atoms with Gasteiger partial charge in [-0.2, -0.15) is 0 Å². The van der Waals surface area contributed by atoms with Crippen LogP contribution >= 0.6 is 11.6 Å². The molecule has 2 atom stereocenters. The summed E-state index contributed by atoms with van der Waals surface area (Å²) in [4.78, 5) is 39.4. The molecule has 1 saturated heterocycles. The van der Waals surface area contributed by atoms with Crippen LogP contribution in [0.4, 0.5) is 8.78 Å². The van der Waals surface area contributed by atoms with Gasteiger partial charge in [-0.25, -0.2) is 8.78 Å². The van der Waals surface area contributed by atoms with Crippen molar-refractivity contribution in [3.63, 3.8) is 0 Å². The predicted molar refractivity (Wildman–Crippen MR) is 98.6 cm³/mol. The van der Waals surface area contributed by atoms with Gasteiger partial charge in [0.25, 0.3) is 11.8 Å². The number of nitrogens with zero attached hydrogens (tertiary/aromatic N) is 2. The molecule has 1 fully saturated rings. The molecule has 2 aliphatic rings. The van der Waals surface area contributed by atoms with E-state index < -0.39 is 35.1 Å². The maximum absolute atomic E-state index is 13.7. The number of benzene rings is 1. The fraction of sp³-hybridized carbons (Fsp3) is 0.316. The number of fused-ring (bicyclic) bond motifs is 2. The van der Waals surface area contributed by atoms with Crippen LogP contribution in [0.15, 0.2) is 29.2 Å². The first-order valence-electron chi connectivity index (χ1n) is 8.87. The number of ether oxygens (including phenoxy) is 1. The Morgan fingerprint density at radius 1 is 1.34 bits per heavy atom. The highest BCUT2D eigenvalue weighted by Gasteiger charge is 2.42. The van der Waals surface area contributed by atoms with Crippen molar-refractivity contribution < 1.29 is 23.1 Å². The summed E-state index contributed by atoms with van der Waals surface area (Å²) in [5.41, 5.74) is -1.02. The Morgan fingerprint density at radius 2 is 2.10 bits per heavy atom. The number of amides is 2. The number of hydrogen-bond acceptors (Lipinski definition) is 4. The highest BCUT2D eigenvalue weighted by molar-refractivity contribution is 6.33. The molecule has 0 spiro atoms. The number of hydrogen-bond donors (Lipinski definition) is 1. The summed E-state index contributed by atoms with van der Waals surface area (Å²) in [5, 5.41) is 2.06. The summed E-state index contributed by atoms with van der Waals surface area (Å²) < 4.78 is 33.7. The minimum absolute atomic E-state index is 0.00592. The van der Waals surface area contributed by atoms with Crippen LogP contribution in [0.3, 0.4) is 0 Å². The van der Waals surface area contributed by atoms with Crippen molar-refractivity contribution in [3.8, 4) is 0 Å². The Hall–Kier alpha value is -2.78. The third-order valence-electron chi connectivity index (χ3n) is 5.03. The second kappa shape index (κ2) is 7.23. The summed E-state index contributed by atoms with van der Waals surface area (Å²) in [7, 11) is 0. The van der Waals surface area contributed by atoms with E-state index >= 15 is 0 Å². The fourth-order valence-electron chi connectivity index (χ4n) is 3.55. The molecule has 4 rings (SSSR count). The lowest BCUT2D eigenvalue weighted by molar-refractivity contribution is 0.00677. The van der Waals surface area contributed by atoms with Gasteiger partial charge in [-0.05, 0) is 13.0 Å². The van der Waals surface area contributed by atoms with E-state index in [2.05, 4.69) is 5.32 Å². The lowest BCUT2D eigenvalue weighted by Gasteiger charge is -2.33. The summed E-state index contributed by atoms with van der Waals surface area (Å²) in [6.45, 7) is 2.16. The predicted octanol–water partition coefficient (Wildman–Crippen LogP) is 1.91. The Kier molecular flexibility index (Phi) is 4.87. The molecule has 2 aliphatic heterocycles. The molecule has 0 radical (unpaired) electrons. The van der Waals surface area contributed by atoms with Gasteiger partial charge in [0.05, 0.1) is 19.2 Å². The maximum Gasteiger partial charge on any atom is 0.274 e. The Labute approximate surface area is 168 Å². The molecule has 0 bridgehead atoms. The number of carbonyl (C=O) groups is 2. The zero-order chi connectivity index (χ0) is 20.9.